The Morgan fingerprint density at radius 3 is 2.85 bits per heavy atom. The SMILES string of the molecule is COC(=O)CSc1nnc(CSc2cc(C)nc(N3CCOCC3)n2)o1. The van der Waals surface area contributed by atoms with Crippen LogP contribution in [-0.2, 0) is 20.0 Å². The summed E-state index contributed by atoms with van der Waals surface area (Å²) in [5.41, 5.74) is 0.906. The van der Waals surface area contributed by atoms with Crippen molar-refractivity contribution in [1.82, 2.24) is 20.2 Å². The Kier molecular flexibility index (Phi) is 6.69. The molecule has 0 aromatic carbocycles. The van der Waals surface area contributed by atoms with E-state index in [0.717, 1.165) is 41.5 Å². The molecule has 11 heteroatoms. The third-order valence-electron chi connectivity index (χ3n) is 3.45. The first kappa shape index (κ1) is 18.9. The lowest BCUT2D eigenvalue weighted by Crippen LogP contribution is -2.37. The number of hydrogen-bond acceptors (Lipinski definition) is 11. The van der Waals surface area contributed by atoms with Crippen molar-refractivity contribution in [2.75, 3.05) is 44.1 Å². The Morgan fingerprint density at radius 2 is 2.08 bits per heavy atom. The Hall–Kier alpha value is -1.85. The van der Waals surface area contributed by atoms with Crippen LogP contribution in [0, 0.1) is 6.92 Å². The number of methoxy groups -OCH3 is 1. The van der Waals surface area contributed by atoms with Crippen LogP contribution in [0.4, 0.5) is 5.95 Å². The summed E-state index contributed by atoms with van der Waals surface area (Å²) < 4.78 is 15.5. The molecule has 1 fully saturated rings. The second-order valence-corrected chi connectivity index (χ2v) is 7.28. The van der Waals surface area contributed by atoms with Crippen LogP contribution in [0.25, 0.3) is 0 Å². The summed E-state index contributed by atoms with van der Waals surface area (Å²) in [4.78, 5) is 22.4. The molecule has 1 aliphatic rings. The zero-order chi connectivity index (χ0) is 18.4. The van der Waals surface area contributed by atoms with Crippen LogP contribution in [0.2, 0.25) is 0 Å². The summed E-state index contributed by atoms with van der Waals surface area (Å²) in [5.74, 6) is 1.49. The van der Waals surface area contributed by atoms with Crippen molar-refractivity contribution in [3.8, 4) is 0 Å². The van der Waals surface area contributed by atoms with Crippen molar-refractivity contribution in [1.29, 1.82) is 0 Å². The summed E-state index contributed by atoms with van der Waals surface area (Å²) >= 11 is 2.65. The predicted octanol–water partition coefficient (Wildman–Crippen LogP) is 1.56. The van der Waals surface area contributed by atoms with Crippen LogP contribution in [-0.4, -0.2) is 65.3 Å². The van der Waals surface area contributed by atoms with Gasteiger partial charge in [-0.25, -0.2) is 9.97 Å². The van der Waals surface area contributed by atoms with Crippen molar-refractivity contribution in [2.24, 2.45) is 0 Å². The van der Waals surface area contributed by atoms with Crippen molar-refractivity contribution in [3.63, 3.8) is 0 Å². The van der Waals surface area contributed by atoms with Gasteiger partial charge in [0.1, 0.15) is 10.8 Å². The van der Waals surface area contributed by atoms with Crippen molar-refractivity contribution >= 4 is 35.4 Å². The number of hydrogen-bond donors (Lipinski definition) is 0. The zero-order valence-corrected chi connectivity index (χ0v) is 16.1. The van der Waals surface area contributed by atoms with Crippen LogP contribution in [0.15, 0.2) is 20.7 Å². The molecular weight excluding hydrogens is 378 g/mol. The maximum Gasteiger partial charge on any atom is 0.316 e. The lowest BCUT2D eigenvalue weighted by molar-refractivity contribution is -0.137. The minimum Gasteiger partial charge on any atom is -0.468 e. The van der Waals surface area contributed by atoms with Crippen molar-refractivity contribution in [2.45, 2.75) is 22.9 Å². The molecule has 1 aliphatic heterocycles. The molecule has 26 heavy (non-hydrogen) atoms. The van der Waals surface area contributed by atoms with Gasteiger partial charge in [-0.1, -0.05) is 23.5 Å². The maximum atomic E-state index is 11.1. The molecule has 0 bridgehead atoms. The number of anilines is 1. The summed E-state index contributed by atoms with van der Waals surface area (Å²) in [6.07, 6.45) is 0. The first-order valence-electron chi connectivity index (χ1n) is 7.97. The Balaban J connectivity index is 1.58. The number of ether oxygens (including phenoxy) is 2. The zero-order valence-electron chi connectivity index (χ0n) is 14.5. The summed E-state index contributed by atoms with van der Waals surface area (Å²) in [6, 6.07) is 1.93. The second kappa shape index (κ2) is 9.19. The summed E-state index contributed by atoms with van der Waals surface area (Å²) in [5, 5.41) is 9.10. The van der Waals surface area contributed by atoms with Crippen LogP contribution in [0.5, 0.6) is 0 Å². The molecule has 0 spiro atoms. The van der Waals surface area contributed by atoms with Gasteiger partial charge in [0.25, 0.3) is 5.22 Å². The molecule has 1 saturated heterocycles. The third kappa shape index (κ3) is 5.32. The number of nitrogens with zero attached hydrogens (tertiary/aromatic N) is 5. The molecule has 3 heterocycles. The smallest absolute Gasteiger partial charge is 0.316 e. The van der Waals surface area contributed by atoms with Crippen LogP contribution < -0.4 is 4.90 Å². The lowest BCUT2D eigenvalue weighted by Gasteiger charge is -2.27. The lowest BCUT2D eigenvalue weighted by atomic mass is 10.4. The molecule has 0 unspecified atom stereocenters. The number of thioether (sulfide) groups is 2. The quantitative estimate of drug-likeness (QED) is 0.386. The molecule has 2 aromatic rings. The molecule has 2 aromatic heterocycles. The van der Waals surface area contributed by atoms with E-state index < -0.39 is 0 Å². The number of aryl methyl sites for hydroxylation is 1. The molecule has 3 rings (SSSR count). The Labute approximate surface area is 159 Å². The minimum absolute atomic E-state index is 0.138. The molecular formula is C15H19N5O4S2. The van der Waals surface area contributed by atoms with Crippen molar-refractivity contribution < 1.29 is 18.7 Å². The van der Waals surface area contributed by atoms with E-state index in [2.05, 4.69) is 29.8 Å². The van der Waals surface area contributed by atoms with E-state index in [-0.39, 0.29) is 11.7 Å². The monoisotopic (exact) mass is 397 g/mol. The number of esters is 1. The number of carbonyl (C=O) groups is 1. The fourth-order valence-electron chi connectivity index (χ4n) is 2.17. The number of morpholine rings is 1. The molecule has 140 valence electrons. The molecule has 0 N–H and O–H groups in total. The fourth-order valence-corrected chi connectivity index (χ4v) is 3.57. The maximum absolute atomic E-state index is 11.1. The largest absolute Gasteiger partial charge is 0.468 e. The molecule has 0 saturated carbocycles. The van der Waals surface area contributed by atoms with Crippen LogP contribution >= 0.6 is 23.5 Å². The van der Waals surface area contributed by atoms with E-state index in [1.165, 1.54) is 18.9 Å². The van der Waals surface area contributed by atoms with Gasteiger partial charge in [-0.05, 0) is 13.0 Å². The highest BCUT2D eigenvalue weighted by molar-refractivity contribution is 7.99. The van der Waals surface area contributed by atoms with Crippen LogP contribution in [0.1, 0.15) is 11.6 Å². The normalized spacial score (nSPS) is 14.5. The third-order valence-corrected chi connectivity index (χ3v) is 5.13. The van der Waals surface area contributed by atoms with E-state index in [0.29, 0.717) is 30.1 Å². The molecule has 0 radical (unpaired) electrons. The standard InChI is InChI=1S/C15H19N5O4S2/c1-10-7-12(17-14(16-10)20-3-5-23-6-4-20)25-8-11-18-19-15(24-11)26-9-13(21)22-2/h7H,3-6,8-9H2,1-2H3. The molecule has 9 nitrogen and oxygen atoms in total. The number of aromatic nitrogens is 4. The molecule has 0 aliphatic carbocycles. The van der Waals surface area contributed by atoms with Gasteiger partial charge >= 0.3 is 5.97 Å². The summed E-state index contributed by atoms with van der Waals surface area (Å²) in [7, 11) is 1.34. The van der Waals surface area contributed by atoms with Crippen LogP contribution in [0.3, 0.4) is 0 Å². The van der Waals surface area contributed by atoms with Gasteiger partial charge in [-0.15, -0.1) is 10.2 Å². The Morgan fingerprint density at radius 1 is 1.27 bits per heavy atom. The highest BCUT2D eigenvalue weighted by Crippen LogP contribution is 2.25. The second-order valence-electron chi connectivity index (χ2n) is 5.36. The number of rotatable bonds is 7. The van der Waals surface area contributed by atoms with Gasteiger partial charge in [0, 0.05) is 18.8 Å². The topological polar surface area (TPSA) is 103 Å². The van der Waals surface area contributed by atoms with E-state index >= 15 is 0 Å². The first-order valence-corrected chi connectivity index (χ1v) is 9.94. The molecule has 0 amide bonds. The highest BCUT2D eigenvalue weighted by Gasteiger charge is 2.16. The van der Waals surface area contributed by atoms with Gasteiger partial charge in [0.2, 0.25) is 11.8 Å². The van der Waals surface area contributed by atoms with Gasteiger partial charge < -0.3 is 18.8 Å². The van der Waals surface area contributed by atoms with Gasteiger partial charge in [0.05, 0.1) is 26.1 Å². The highest BCUT2D eigenvalue weighted by atomic mass is 32.2. The predicted molar refractivity (Wildman–Crippen MR) is 96.4 cm³/mol. The summed E-state index contributed by atoms with van der Waals surface area (Å²) in [6.45, 7) is 4.90. The van der Waals surface area contributed by atoms with Gasteiger partial charge in [0.15, 0.2) is 0 Å². The average Bonchev–Trinajstić information content (AvgIpc) is 3.12. The number of carbonyl (C=O) groups excluding carboxylic acids is 1. The van der Waals surface area contributed by atoms with E-state index in [9.17, 15) is 4.79 Å². The van der Waals surface area contributed by atoms with E-state index in [1.54, 1.807) is 0 Å². The van der Waals surface area contributed by atoms with E-state index in [4.69, 9.17) is 9.15 Å². The fraction of sp³-hybridized carbons (Fsp3) is 0.533. The molecule has 0 atom stereocenters. The van der Waals surface area contributed by atoms with Gasteiger partial charge in [-0.2, -0.15) is 0 Å². The Bertz CT molecular complexity index is 751. The minimum atomic E-state index is -0.337. The van der Waals surface area contributed by atoms with Crippen molar-refractivity contribution in [3.05, 3.63) is 17.7 Å². The average molecular weight is 397 g/mol. The first-order chi connectivity index (χ1) is 12.6. The van der Waals surface area contributed by atoms with E-state index in [1.807, 2.05) is 13.0 Å². The van der Waals surface area contributed by atoms with Gasteiger partial charge in [-0.3, -0.25) is 4.79 Å².